The first-order valence-electron chi connectivity index (χ1n) is 17.2. The fourth-order valence-corrected chi connectivity index (χ4v) is 7.63. The smallest absolute Gasteiger partial charge is 0.352 e. The number of likely N-dealkylation sites (tertiary alicyclic amines) is 1. The van der Waals surface area contributed by atoms with Crippen LogP contribution < -0.4 is 10.6 Å². The highest BCUT2D eigenvalue weighted by atomic mass is 19.4. The molecule has 4 aromatic carbocycles. The van der Waals surface area contributed by atoms with Gasteiger partial charge in [0.2, 0.25) is 5.91 Å². The lowest BCUT2D eigenvalue weighted by Gasteiger charge is -2.34. The van der Waals surface area contributed by atoms with Crippen molar-refractivity contribution in [3.05, 3.63) is 119 Å². The molecule has 1 aliphatic heterocycles. The van der Waals surface area contributed by atoms with Gasteiger partial charge in [-0.3, -0.25) is 9.59 Å². The SMILES string of the molecule is O=C(NCC1CCCN(CCCCC2(C(=O)NCC(F)(F)F)c3ccccc3-c3ccccc32)C1)c1ccccc1-c1ccc(C(F)(F)F)cc1. The van der Waals surface area contributed by atoms with Crippen molar-refractivity contribution in [2.75, 3.05) is 32.7 Å². The summed E-state index contributed by atoms with van der Waals surface area (Å²) in [6.07, 6.45) is -5.42. The van der Waals surface area contributed by atoms with Crippen LogP contribution in [0.2, 0.25) is 0 Å². The van der Waals surface area contributed by atoms with Crippen LogP contribution in [-0.2, 0) is 16.4 Å². The van der Waals surface area contributed by atoms with Crippen LogP contribution in [0.4, 0.5) is 26.3 Å². The maximum Gasteiger partial charge on any atom is 0.416 e. The summed E-state index contributed by atoms with van der Waals surface area (Å²) in [5.74, 6) is -0.756. The number of alkyl halides is 6. The number of hydrogen-bond donors (Lipinski definition) is 2. The third-order valence-corrected chi connectivity index (χ3v) is 10.0. The van der Waals surface area contributed by atoms with Crippen LogP contribution in [-0.4, -0.2) is 55.6 Å². The van der Waals surface area contributed by atoms with Crippen LogP contribution in [0, 0.1) is 5.92 Å². The number of hydrogen-bond acceptors (Lipinski definition) is 3. The monoisotopic (exact) mass is 707 g/mol. The van der Waals surface area contributed by atoms with Crippen LogP contribution in [0.5, 0.6) is 0 Å². The average Bonchev–Trinajstić information content (AvgIpc) is 3.41. The van der Waals surface area contributed by atoms with E-state index in [1.807, 2.05) is 48.5 Å². The molecule has 5 nitrogen and oxygen atoms in total. The number of unbranched alkanes of at least 4 members (excludes halogenated alkanes) is 1. The second-order valence-corrected chi connectivity index (χ2v) is 13.4. The minimum absolute atomic E-state index is 0.189. The van der Waals surface area contributed by atoms with Crippen molar-refractivity contribution in [1.29, 1.82) is 0 Å². The molecule has 2 amide bonds. The number of fused-ring (bicyclic) bond motifs is 3. The Balaban J connectivity index is 1.07. The van der Waals surface area contributed by atoms with Gasteiger partial charge in [0, 0.05) is 18.7 Å². The highest BCUT2D eigenvalue weighted by Crippen LogP contribution is 2.51. The van der Waals surface area contributed by atoms with E-state index in [0.717, 1.165) is 73.3 Å². The van der Waals surface area contributed by atoms with Crippen molar-refractivity contribution in [2.24, 2.45) is 5.92 Å². The van der Waals surface area contributed by atoms with E-state index in [0.29, 0.717) is 36.1 Å². The molecule has 1 heterocycles. The molecule has 51 heavy (non-hydrogen) atoms. The zero-order chi connectivity index (χ0) is 36.2. The Morgan fingerprint density at radius 2 is 1.35 bits per heavy atom. The first-order chi connectivity index (χ1) is 24.4. The lowest BCUT2D eigenvalue weighted by Crippen LogP contribution is -2.47. The van der Waals surface area contributed by atoms with Gasteiger partial charge in [0.15, 0.2) is 0 Å². The van der Waals surface area contributed by atoms with Crippen molar-refractivity contribution in [3.8, 4) is 22.3 Å². The molecular formula is C40H39F6N3O2. The van der Waals surface area contributed by atoms with E-state index in [1.54, 1.807) is 24.3 Å². The number of carbonyl (C=O) groups excluding carboxylic acids is 2. The number of nitrogens with one attached hydrogen (secondary N) is 2. The summed E-state index contributed by atoms with van der Waals surface area (Å²) < 4.78 is 78.8. The molecular weight excluding hydrogens is 668 g/mol. The van der Waals surface area contributed by atoms with Crippen molar-refractivity contribution in [3.63, 3.8) is 0 Å². The van der Waals surface area contributed by atoms with Gasteiger partial charge in [-0.2, -0.15) is 26.3 Å². The second-order valence-electron chi connectivity index (χ2n) is 13.4. The standard InChI is InChI=1S/C40H39F6N3O2/c41-39(42,43)26-48-37(51)38(34-15-5-3-12-31(34)32-13-4-6-16-35(32)38)21-7-8-22-49-23-9-10-27(25-49)24-47-36(50)33-14-2-1-11-30(33)28-17-19-29(20-18-28)40(44,45)46/h1-6,11-20,27H,7-10,21-26H2,(H,47,50)(H,48,51). The lowest BCUT2D eigenvalue weighted by atomic mass is 9.73. The van der Waals surface area contributed by atoms with Gasteiger partial charge in [-0.1, -0.05) is 85.3 Å². The van der Waals surface area contributed by atoms with E-state index in [4.69, 9.17) is 0 Å². The summed E-state index contributed by atoms with van der Waals surface area (Å²) in [5.41, 5.74) is 2.62. The van der Waals surface area contributed by atoms with Crippen molar-refractivity contribution >= 4 is 11.8 Å². The average molecular weight is 708 g/mol. The second kappa shape index (κ2) is 14.9. The van der Waals surface area contributed by atoms with Crippen LogP contribution in [0.1, 0.15) is 59.2 Å². The Labute approximate surface area is 293 Å². The van der Waals surface area contributed by atoms with E-state index in [1.165, 1.54) is 12.1 Å². The molecule has 6 rings (SSSR count). The van der Waals surface area contributed by atoms with Gasteiger partial charge in [0.25, 0.3) is 5.91 Å². The summed E-state index contributed by atoms with van der Waals surface area (Å²) >= 11 is 0. The van der Waals surface area contributed by atoms with Crippen LogP contribution >= 0.6 is 0 Å². The molecule has 0 bridgehead atoms. The molecule has 2 aliphatic rings. The molecule has 1 atom stereocenters. The largest absolute Gasteiger partial charge is 0.416 e. The van der Waals surface area contributed by atoms with E-state index in [9.17, 15) is 35.9 Å². The Kier molecular flexibility index (Phi) is 10.6. The number of rotatable bonds is 11. The fourth-order valence-electron chi connectivity index (χ4n) is 7.63. The van der Waals surface area contributed by atoms with Crippen molar-refractivity contribution < 1.29 is 35.9 Å². The number of amides is 2. The molecule has 0 radical (unpaired) electrons. The van der Waals surface area contributed by atoms with Gasteiger partial charge in [-0.05, 0) is 96.3 Å². The predicted octanol–water partition coefficient (Wildman–Crippen LogP) is 8.63. The van der Waals surface area contributed by atoms with E-state index in [2.05, 4.69) is 15.5 Å². The first-order valence-corrected chi connectivity index (χ1v) is 17.2. The Bertz CT molecular complexity index is 1810. The number of piperidine rings is 1. The van der Waals surface area contributed by atoms with Crippen molar-refractivity contribution in [1.82, 2.24) is 15.5 Å². The van der Waals surface area contributed by atoms with Gasteiger partial charge in [0.05, 0.1) is 5.56 Å². The molecule has 1 fully saturated rings. The number of halogens is 6. The third kappa shape index (κ3) is 7.98. The maximum absolute atomic E-state index is 13.8. The topological polar surface area (TPSA) is 61.4 Å². The zero-order valence-corrected chi connectivity index (χ0v) is 27.9. The molecule has 0 saturated carbocycles. The maximum atomic E-state index is 13.8. The molecule has 11 heteroatoms. The van der Waals surface area contributed by atoms with E-state index in [-0.39, 0.29) is 11.8 Å². The van der Waals surface area contributed by atoms with Gasteiger partial charge in [-0.25, -0.2) is 0 Å². The lowest BCUT2D eigenvalue weighted by molar-refractivity contribution is -0.141. The summed E-state index contributed by atoms with van der Waals surface area (Å²) in [4.78, 5) is 29.4. The zero-order valence-electron chi connectivity index (χ0n) is 27.9. The summed E-state index contributed by atoms with van der Waals surface area (Å²) in [7, 11) is 0. The normalized spacial score (nSPS) is 17.0. The summed E-state index contributed by atoms with van der Waals surface area (Å²) in [6.45, 7) is 1.41. The molecule has 1 unspecified atom stereocenters. The number of benzene rings is 4. The molecule has 4 aromatic rings. The molecule has 2 N–H and O–H groups in total. The Morgan fingerprint density at radius 3 is 1.98 bits per heavy atom. The molecule has 0 spiro atoms. The molecule has 1 aliphatic carbocycles. The molecule has 0 aromatic heterocycles. The fraction of sp³-hybridized carbons (Fsp3) is 0.350. The van der Waals surface area contributed by atoms with Gasteiger partial charge in [0.1, 0.15) is 12.0 Å². The molecule has 268 valence electrons. The van der Waals surface area contributed by atoms with Crippen LogP contribution in [0.15, 0.2) is 97.1 Å². The number of carbonyl (C=O) groups is 2. The van der Waals surface area contributed by atoms with E-state index < -0.39 is 35.8 Å². The van der Waals surface area contributed by atoms with Crippen LogP contribution in [0.25, 0.3) is 22.3 Å². The predicted molar refractivity (Wildman–Crippen MR) is 184 cm³/mol. The van der Waals surface area contributed by atoms with Crippen molar-refractivity contribution in [2.45, 2.75) is 49.9 Å². The quantitative estimate of drug-likeness (QED) is 0.121. The first kappa shape index (κ1) is 36.2. The van der Waals surface area contributed by atoms with Gasteiger partial charge in [-0.15, -0.1) is 0 Å². The highest BCUT2D eigenvalue weighted by Gasteiger charge is 2.49. The van der Waals surface area contributed by atoms with Crippen LogP contribution in [0.3, 0.4) is 0 Å². The van der Waals surface area contributed by atoms with E-state index >= 15 is 0 Å². The third-order valence-electron chi connectivity index (χ3n) is 10.0. The molecule has 1 saturated heterocycles. The van der Waals surface area contributed by atoms with Gasteiger partial charge < -0.3 is 15.5 Å². The summed E-state index contributed by atoms with van der Waals surface area (Å²) in [6, 6.07) is 26.5. The Morgan fingerprint density at radius 1 is 0.745 bits per heavy atom. The summed E-state index contributed by atoms with van der Waals surface area (Å²) in [5, 5.41) is 5.22. The number of nitrogens with zero attached hydrogens (tertiary/aromatic N) is 1. The minimum atomic E-state index is -4.53. The highest BCUT2D eigenvalue weighted by molar-refractivity contribution is 6.01. The van der Waals surface area contributed by atoms with Gasteiger partial charge >= 0.3 is 12.4 Å². The minimum Gasteiger partial charge on any atom is -0.352 e. The Hall–Kier alpha value is -4.64.